The van der Waals surface area contributed by atoms with Crippen LogP contribution >= 0.6 is 27.4 Å². The fourth-order valence-corrected chi connectivity index (χ4v) is 8.64. The Bertz CT molecular complexity index is 2010. The number of hydrogen-bond donors (Lipinski definition) is 6. The van der Waals surface area contributed by atoms with E-state index in [1.807, 2.05) is 0 Å². The first-order valence-corrected chi connectivity index (χ1v) is 18.3. The number of rotatable bonds is 3. The van der Waals surface area contributed by atoms with E-state index in [0.717, 1.165) is 0 Å². The summed E-state index contributed by atoms with van der Waals surface area (Å²) < 4.78 is 56.6. The fourth-order valence-electron chi connectivity index (χ4n) is 6.10. The number of aliphatic hydroxyl groups is 2. The molecule has 6 heterocycles. The molecule has 254 valence electrons. The van der Waals surface area contributed by atoms with Gasteiger partial charge in [-0.25, -0.2) is 29.1 Å². The summed E-state index contributed by atoms with van der Waals surface area (Å²) >= 11 is 1.33. The molecule has 2 aliphatic heterocycles. The Hall–Kier alpha value is -2.85. The maximum atomic E-state index is 13.3. The van der Waals surface area contributed by atoms with E-state index >= 15 is 0 Å². The van der Waals surface area contributed by atoms with E-state index in [0.29, 0.717) is 22.0 Å². The van der Waals surface area contributed by atoms with Gasteiger partial charge < -0.3 is 35.0 Å². The van der Waals surface area contributed by atoms with Gasteiger partial charge in [-0.2, -0.15) is 4.98 Å². The zero-order chi connectivity index (χ0) is 33.4. The number of aliphatic hydroxyl groups excluding tert-OH is 2. The lowest BCUT2D eigenvalue weighted by Gasteiger charge is -2.26. The van der Waals surface area contributed by atoms with Crippen molar-refractivity contribution in [2.75, 3.05) is 25.2 Å². The third-order valence-electron chi connectivity index (χ3n) is 8.19. The summed E-state index contributed by atoms with van der Waals surface area (Å²) in [5.74, 6) is -0.778. The highest BCUT2D eigenvalue weighted by molar-refractivity contribution is 7.98. The summed E-state index contributed by atoms with van der Waals surface area (Å²) in [7, 11) is -10.0. The van der Waals surface area contributed by atoms with Gasteiger partial charge in [0.15, 0.2) is 23.0 Å². The number of phosphoric ester groups is 2. The second-order valence-corrected chi connectivity index (χ2v) is 14.8. The van der Waals surface area contributed by atoms with E-state index in [1.54, 1.807) is 13.2 Å². The number of nitrogens with two attached hydrogens (primary N) is 1. The maximum Gasteiger partial charge on any atom is 0.472 e. The lowest BCUT2D eigenvalue weighted by Crippen LogP contribution is -2.36. The number of fused-ring (bicyclic) bond motifs is 5. The first-order valence-electron chi connectivity index (χ1n) is 14.1. The molecule has 4 unspecified atom stereocenters. The standard InChI is InChI=1S/C23H29N9O12P2S/c1-8-27-19-13(21(28-8)47-2)26-7-32(19)22-15(34)17-11(42-22)5-41-46(38,39)43-16-10(3-9(14(16)33)4-40-45(36,37)44-17)31-6-25-12-18(31)29-23(24)30-20(12)35/h6-7,9-11,14-17,22,33-34H,3-5H2,1-2H3,(H,36,37)(H,38,39)(H3,24,29,30,35)/t9-,10-,11-,14?,15+,16-,17?,22-/m1/s1. The zero-order valence-electron chi connectivity index (χ0n) is 24.5. The molecule has 3 aliphatic rings. The van der Waals surface area contributed by atoms with Crippen molar-refractivity contribution in [3.05, 3.63) is 28.8 Å². The van der Waals surface area contributed by atoms with Crippen molar-refractivity contribution in [1.82, 2.24) is 39.0 Å². The van der Waals surface area contributed by atoms with Crippen LogP contribution in [-0.4, -0.2) is 109 Å². The Labute approximate surface area is 267 Å². The lowest BCUT2D eigenvalue weighted by atomic mass is 10.1. The van der Waals surface area contributed by atoms with Gasteiger partial charge in [0, 0.05) is 5.92 Å². The first kappa shape index (κ1) is 32.7. The van der Waals surface area contributed by atoms with Crippen LogP contribution in [0.3, 0.4) is 0 Å². The smallest absolute Gasteiger partial charge is 0.390 e. The van der Waals surface area contributed by atoms with Gasteiger partial charge in [-0.05, 0) is 19.6 Å². The van der Waals surface area contributed by atoms with E-state index in [4.69, 9.17) is 28.6 Å². The molecule has 1 aliphatic carbocycles. The van der Waals surface area contributed by atoms with Crippen LogP contribution in [0.2, 0.25) is 0 Å². The molecule has 10 atom stereocenters. The number of ether oxygens (including phenoxy) is 1. The second kappa shape index (κ2) is 11.9. The number of aryl methyl sites for hydroxylation is 1. The molecule has 21 nitrogen and oxygen atoms in total. The normalized spacial score (nSPS) is 36.6. The van der Waals surface area contributed by atoms with Gasteiger partial charge in [-0.15, -0.1) is 11.8 Å². The van der Waals surface area contributed by atoms with E-state index < -0.39 is 83.1 Å². The molecule has 0 radical (unpaired) electrons. The van der Waals surface area contributed by atoms with E-state index in [2.05, 4.69) is 29.9 Å². The Balaban J connectivity index is 1.21. The molecule has 2 saturated heterocycles. The Morgan fingerprint density at radius 1 is 0.957 bits per heavy atom. The predicted molar refractivity (Wildman–Crippen MR) is 159 cm³/mol. The van der Waals surface area contributed by atoms with E-state index in [-0.39, 0.29) is 23.5 Å². The number of H-pyrrole nitrogens is 1. The third kappa shape index (κ3) is 5.91. The first-order chi connectivity index (χ1) is 22.2. The van der Waals surface area contributed by atoms with Crippen LogP contribution in [0.1, 0.15) is 24.5 Å². The molecule has 7 N–H and O–H groups in total. The van der Waals surface area contributed by atoms with Crippen LogP contribution in [0.15, 0.2) is 22.5 Å². The van der Waals surface area contributed by atoms with Gasteiger partial charge in [-0.1, -0.05) is 0 Å². The van der Waals surface area contributed by atoms with Gasteiger partial charge >= 0.3 is 15.6 Å². The van der Waals surface area contributed by atoms with Crippen molar-refractivity contribution in [3.63, 3.8) is 0 Å². The summed E-state index contributed by atoms with van der Waals surface area (Å²) in [5, 5.41) is 23.0. The SMILES string of the molecule is CSc1nc(C)nc2c1ncn2[C@@H]1O[C@@H]2COP(=O)(O)O[C@H]3C(O)[C@@H](COP(=O)(O)OC2[C@@H]1O)C[C@H]3n1cnc2c(=O)[nH]c(N)nc21. The summed E-state index contributed by atoms with van der Waals surface area (Å²) in [6.07, 6.45) is -4.68. The minimum absolute atomic E-state index is 0.00366. The van der Waals surface area contributed by atoms with Crippen LogP contribution in [0.25, 0.3) is 22.3 Å². The largest absolute Gasteiger partial charge is 0.472 e. The minimum atomic E-state index is -5.03. The molecule has 0 amide bonds. The van der Waals surface area contributed by atoms with Crippen LogP contribution in [0, 0.1) is 12.8 Å². The van der Waals surface area contributed by atoms with Crippen molar-refractivity contribution < 1.29 is 52.0 Å². The molecule has 3 fully saturated rings. The van der Waals surface area contributed by atoms with E-state index in [9.17, 15) is 33.9 Å². The number of imidazole rings is 2. The highest BCUT2D eigenvalue weighted by atomic mass is 32.2. The average molecular weight is 718 g/mol. The summed E-state index contributed by atoms with van der Waals surface area (Å²) in [6, 6.07) is -0.990. The second-order valence-electron chi connectivity index (χ2n) is 11.2. The Morgan fingerprint density at radius 3 is 2.36 bits per heavy atom. The molecule has 1 saturated carbocycles. The number of phosphoric acid groups is 2. The Morgan fingerprint density at radius 2 is 1.62 bits per heavy atom. The monoisotopic (exact) mass is 717 g/mol. The molecule has 4 aromatic heterocycles. The fraction of sp³-hybridized carbons (Fsp3) is 0.565. The Kier molecular flexibility index (Phi) is 8.30. The van der Waals surface area contributed by atoms with Crippen molar-refractivity contribution in [1.29, 1.82) is 0 Å². The van der Waals surface area contributed by atoms with Crippen molar-refractivity contribution >= 4 is 55.7 Å². The molecular weight excluding hydrogens is 688 g/mol. The topological polar surface area (TPSA) is 294 Å². The number of aromatic nitrogens is 8. The number of nitrogen functional groups attached to an aromatic ring is 1. The molecule has 4 aromatic rings. The predicted octanol–water partition coefficient (Wildman–Crippen LogP) is -0.230. The lowest BCUT2D eigenvalue weighted by molar-refractivity contribution is -0.0553. The summed E-state index contributed by atoms with van der Waals surface area (Å²) in [6.45, 7) is 0.312. The van der Waals surface area contributed by atoms with Gasteiger partial charge in [-0.3, -0.25) is 32.4 Å². The summed E-state index contributed by atoms with van der Waals surface area (Å²) in [5.41, 5.74) is 5.70. The zero-order valence-corrected chi connectivity index (χ0v) is 27.1. The highest BCUT2D eigenvalue weighted by Crippen LogP contribution is 2.55. The number of nitrogens with one attached hydrogen (secondary N) is 1. The van der Waals surface area contributed by atoms with Gasteiger partial charge in [0.25, 0.3) is 5.56 Å². The van der Waals surface area contributed by atoms with Gasteiger partial charge in [0.2, 0.25) is 5.95 Å². The molecule has 7 rings (SSSR count). The summed E-state index contributed by atoms with van der Waals surface area (Å²) in [4.78, 5) is 57.4. The van der Waals surface area contributed by atoms with Crippen LogP contribution in [0.5, 0.6) is 0 Å². The molecule has 24 heteroatoms. The molecular formula is C23H29N9O12P2S. The number of thioether (sulfide) groups is 1. The molecule has 0 aromatic carbocycles. The number of hydrogen-bond acceptors (Lipinski definition) is 17. The number of nitrogens with zero attached hydrogens (tertiary/aromatic N) is 7. The number of aromatic amines is 1. The maximum absolute atomic E-state index is 13.3. The van der Waals surface area contributed by atoms with Crippen molar-refractivity contribution in [2.45, 2.75) is 61.2 Å². The van der Waals surface area contributed by atoms with Crippen molar-refractivity contribution in [3.8, 4) is 0 Å². The van der Waals surface area contributed by atoms with Crippen LogP contribution in [-0.2, 0) is 32.0 Å². The third-order valence-corrected chi connectivity index (χ3v) is 10.8. The van der Waals surface area contributed by atoms with Crippen LogP contribution < -0.4 is 11.3 Å². The van der Waals surface area contributed by atoms with Crippen molar-refractivity contribution in [2.24, 2.45) is 5.92 Å². The van der Waals surface area contributed by atoms with Crippen LogP contribution in [0.4, 0.5) is 5.95 Å². The average Bonchev–Trinajstić information content (AvgIpc) is 3.75. The number of anilines is 1. The molecule has 0 spiro atoms. The van der Waals surface area contributed by atoms with E-state index in [1.165, 1.54) is 33.6 Å². The minimum Gasteiger partial charge on any atom is -0.390 e. The molecule has 2 bridgehead atoms. The highest BCUT2D eigenvalue weighted by Gasteiger charge is 2.53. The quantitative estimate of drug-likeness (QED) is 0.0906. The van der Waals surface area contributed by atoms with Gasteiger partial charge in [0.05, 0.1) is 38.0 Å². The molecule has 47 heavy (non-hydrogen) atoms. The van der Waals surface area contributed by atoms with Gasteiger partial charge in [0.1, 0.15) is 40.8 Å².